The Labute approximate surface area is 172 Å². The predicted molar refractivity (Wildman–Crippen MR) is 113 cm³/mol. The molecule has 5 nitrogen and oxygen atoms in total. The summed E-state index contributed by atoms with van der Waals surface area (Å²) in [6.45, 7) is 6.45. The second kappa shape index (κ2) is 8.68. The lowest BCUT2D eigenvalue weighted by Crippen LogP contribution is -2.36. The fourth-order valence-corrected chi connectivity index (χ4v) is 3.83. The van der Waals surface area contributed by atoms with E-state index in [0.717, 1.165) is 16.7 Å². The third-order valence-electron chi connectivity index (χ3n) is 5.25. The van der Waals surface area contributed by atoms with Crippen LogP contribution in [-0.4, -0.2) is 40.8 Å². The highest BCUT2D eigenvalue weighted by atomic mass is 16.6. The molecule has 5 heteroatoms. The Kier molecular flexibility index (Phi) is 6.26. The van der Waals surface area contributed by atoms with E-state index in [2.05, 4.69) is 6.07 Å². The molecule has 0 radical (unpaired) electrons. The monoisotopic (exact) mass is 395 g/mol. The van der Waals surface area contributed by atoms with Gasteiger partial charge in [0.05, 0.1) is 5.92 Å². The molecule has 2 aromatic rings. The van der Waals surface area contributed by atoms with Gasteiger partial charge in [0.15, 0.2) is 0 Å². The average molecular weight is 395 g/mol. The molecule has 1 heterocycles. The molecule has 29 heavy (non-hydrogen) atoms. The maximum atomic E-state index is 12.3. The first-order chi connectivity index (χ1) is 13.7. The summed E-state index contributed by atoms with van der Waals surface area (Å²) in [5.74, 6) is -1.43. The van der Waals surface area contributed by atoms with Crippen molar-refractivity contribution in [3.63, 3.8) is 0 Å². The van der Waals surface area contributed by atoms with Crippen LogP contribution in [0.15, 0.2) is 54.6 Å². The van der Waals surface area contributed by atoms with Gasteiger partial charge in [-0.2, -0.15) is 0 Å². The van der Waals surface area contributed by atoms with Gasteiger partial charge in [0.1, 0.15) is 5.60 Å². The number of likely N-dealkylation sites (tertiary alicyclic amines) is 1. The van der Waals surface area contributed by atoms with Gasteiger partial charge < -0.3 is 14.7 Å². The minimum atomic E-state index is -0.814. The molecule has 0 saturated carbocycles. The van der Waals surface area contributed by atoms with Gasteiger partial charge in [-0.25, -0.2) is 4.79 Å². The first kappa shape index (κ1) is 20.9. The van der Waals surface area contributed by atoms with Gasteiger partial charge in [0.2, 0.25) is 0 Å². The quantitative estimate of drug-likeness (QED) is 0.786. The number of carbonyl (C=O) groups is 2. The zero-order valence-electron chi connectivity index (χ0n) is 17.3. The van der Waals surface area contributed by atoms with Crippen LogP contribution in [0.4, 0.5) is 4.79 Å². The summed E-state index contributed by atoms with van der Waals surface area (Å²) >= 11 is 0. The number of amides is 1. The zero-order valence-corrected chi connectivity index (χ0v) is 17.3. The number of hydrogen-bond donors (Lipinski definition) is 1. The standard InChI is InChI=1S/C24H29NO4/c1-24(2,3)29-23(28)25-13-12-20(16-25)21(22(26)27)15-17-8-7-11-19(14-17)18-9-5-4-6-10-18/h4-11,14,20-21H,12-13,15-16H2,1-3H3,(H,26,27)/t20-,21-/m0/s1. The molecule has 1 N–H and O–H groups in total. The van der Waals surface area contributed by atoms with Crippen molar-refractivity contribution in [1.29, 1.82) is 0 Å². The number of carboxylic acid groups (broad SMARTS) is 1. The van der Waals surface area contributed by atoms with Crippen molar-refractivity contribution in [1.82, 2.24) is 4.90 Å². The number of hydrogen-bond acceptors (Lipinski definition) is 3. The summed E-state index contributed by atoms with van der Waals surface area (Å²) in [5, 5.41) is 9.86. The molecule has 1 aliphatic rings. The number of carbonyl (C=O) groups excluding carboxylic acids is 1. The van der Waals surface area contributed by atoms with Gasteiger partial charge >= 0.3 is 12.1 Å². The summed E-state index contributed by atoms with van der Waals surface area (Å²) in [5.41, 5.74) is 2.63. The van der Waals surface area contributed by atoms with Crippen LogP contribution in [-0.2, 0) is 16.0 Å². The van der Waals surface area contributed by atoms with Crippen molar-refractivity contribution in [3.8, 4) is 11.1 Å². The van der Waals surface area contributed by atoms with Crippen molar-refractivity contribution in [2.75, 3.05) is 13.1 Å². The lowest BCUT2D eigenvalue weighted by atomic mass is 9.85. The topological polar surface area (TPSA) is 66.8 Å². The molecule has 1 fully saturated rings. The van der Waals surface area contributed by atoms with Crippen LogP contribution >= 0.6 is 0 Å². The minimum Gasteiger partial charge on any atom is -0.481 e. The number of nitrogens with zero attached hydrogens (tertiary/aromatic N) is 1. The van der Waals surface area contributed by atoms with E-state index in [1.54, 1.807) is 4.90 Å². The Morgan fingerprint density at radius 1 is 1.10 bits per heavy atom. The van der Waals surface area contributed by atoms with Crippen LogP contribution in [0.1, 0.15) is 32.8 Å². The molecule has 1 amide bonds. The average Bonchev–Trinajstić information content (AvgIpc) is 3.15. The summed E-state index contributed by atoms with van der Waals surface area (Å²) in [4.78, 5) is 26.0. The lowest BCUT2D eigenvalue weighted by molar-refractivity contribution is -0.143. The Morgan fingerprint density at radius 3 is 2.45 bits per heavy atom. The molecule has 0 aromatic heterocycles. The number of rotatable bonds is 5. The lowest BCUT2D eigenvalue weighted by Gasteiger charge is -2.25. The van der Waals surface area contributed by atoms with Crippen molar-refractivity contribution in [2.24, 2.45) is 11.8 Å². The van der Waals surface area contributed by atoms with E-state index in [-0.39, 0.29) is 12.0 Å². The molecule has 3 rings (SSSR count). The van der Waals surface area contributed by atoms with Crippen LogP contribution in [0.25, 0.3) is 11.1 Å². The van der Waals surface area contributed by atoms with Crippen LogP contribution < -0.4 is 0 Å². The summed E-state index contributed by atoms with van der Waals surface area (Å²) < 4.78 is 5.43. The highest BCUT2D eigenvalue weighted by Gasteiger charge is 2.37. The van der Waals surface area contributed by atoms with Crippen LogP contribution in [0.2, 0.25) is 0 Å². The number of benzene rings is 2. The molecule has 0 unspecified atom stereocenters. The summed E-state index contributed by atoms with van der Waals surface area (Å²) in [6.07, 6.45) is 0.757. The van der Waals surface area contributed by atoms with Crippen LogP contribution in [0.5, 0.6) is 0 Å². The van der Waals surface area contributed by atoms with Crippen LogP contribution in [0, 0.1) is 11.8 Å². The second-order valence-electron chi connectivity index (χ2n) is 8.69. The Morgan fingerprint density at radius 2 is 1.79 bits per heavy atom. The molecule has 0 bridgehead atoms. The Bertz CT molecular complexity index is 857. The van der Waals surface area contributed by atoms with Crippen molar-refractivity contribution in [3.05, 3.63) is 60.2 Å². The fraction of sp³-hybridized carbons (Fsp3) is 0.417. The third-order valence-corrected chi connectivity index (χ3v) is 5.25. The van der Waals surface area contributed by atoms with Gasteiger partial charge in [-0.15, -0.1) is 0 Å². The van der Waals surface area contributed by atoms with Gasteiger partial charge in [-0.1, -0.05) is 54.6 Å². The molecular formula is C24H29NO4. The molecule has 154 valence electrons. The van der Waals surface area contributed by atoms with Crippen LogP contribution in [0.3, 0.4) is 0 Å². The zero-order chi connectivity index (χ0) is 21.0. The molecule has 1 aliphatic heterocycles. The number of ether oxygens (including phenoxy) is 1. The normalized spacial score (nSPS) is 17.8. The first-order valence-electron chi connectivity index (χ1n) is 10.1. The predicted octanol–water partition coefficient (Wildman–Crippen LogP) is 4.85. The van der Waals surface area contributed by atoms with E-state index in [1.807, 2.05) is 69.3 Å². The van der Waals surface area contributed by atoms with Gasteiger partial charge in [-0.05, 0) is 56.2 Å². The molecule has 0 aliphatic carbocycles. The van der Waals surface area contributed by atoms with E-state index in [4.69, 9.17) is 4.74 Å². The highest BCUT2D eigenvalue weighted by molar-refractivity contribution is 5.72. The molecule has 2 aromatic carbocycles. The van der Waals surface area contributed by atoms with Crippen molar-refractivity contribution >= 4 is 12.1 Å². The van der Waals surface area contributed by atoms with Gasteiger partial charge in [0.25, 0.3) is 0 Å². The Hall–Kier alpha value is -2.82. The second-order valence-corrected chi connectivity index (χ2v) is 8.69. The maximum absolute atomic E-state index is 12.3. The Balaban J connectivity index is 1.70. The number of aliphatic carboxylic acids is 1. The van der Waals surface area contributed by atoms with E-state index in [1.165, 1.54) is 0 Å². The highest BCUT2D eigenvalue weighted by Crippen LogP contribution is 2.30. The first-order valence-corrected chi connectivity index (χ1v) is 10.1. The van der Waals surface area contributed by atoms with E-state index >= 15 is 0 Å². The smallest absolute Gasteiger partial charge is 0.410 e. The third kappa shape index (κ3) is 5.59. The molecule has 2 atom stereocenters. The SMILES string of the molecule is CC(C)(C)OC(=O)N1CC[C@H]([C@H](Cc2cccc(-c3ccccc3)c2)C(=O)O)C1. The summed E-state index contributed by atoms with van der Waals surface area (Å²) in [6, 6.07) is 18.1. The molecule has 0 spiro atoms. The summed E-state index contributed by atoms with van der Waals surface area (Å²) in [7, 11) is 0. The van der Waals surface area contributed by atoms with E-state index in [9.17, 15) is 14.7 Å². The minimum absolute atomic E-state index is 0.0830. The van der Waals surface area contributed by atoms with E-state index in [0.29, 0.717) is 25.9 Å². The molecular weight excluding hydrogens is 366 g/mol. The van der Waals surface area contributed by atoms with Crippen molar-refractivity contribution in [2.45, 2.75) is 39.2 Å². The number of carboxylic acids is 1. The van der Waals surface area contributed by atoms with E-state index < -0.39 is 17.5 Å². The molecule has 1 saturated heterocycles. The maximum Gasteiger partial charge on any atom is 0.410 e. The van der Waals surface area contributed by atoms with Gasteiger partial charge in [-0.3, -0.25) is 4.79 Å². The van der Waals surface area contributed by atoms with Gasteiger partial charge in [0, 0.05) is 13.1 Å². The largest absolute Gasteiger partial charge is 0.481 e. The van der Waals surface area contributed by atoms with Crippen molar-refractivity contribution < 1.29 is 19.4 Å². The fourth-order valence-electron chi connectivity index (χ4n) is 3.83.